The molecular weight excluding hydrogens is 236 g/mol. The summed E-state index contributed by atoms with van der Waals surface area (Å²) < 4.78 is 0. The van der Waals surface area contributed by atoms with Gasteiger partial charge in [-0.2, -0.15) is 0 Å². The molecule has 0 amide bonds. The summed E-state index contributed by atoms with van der Waals surface area (Å²) in [5.74, 6) is 0. The van der Waals surface area contributed by atoms with Gasteiger partial charge in [-0.25, -0.2) is 0 Å². The standard InChI is InChI=1S/3CH4.4N.3Ti/h3*1H4;;;;;;;/q;;;4*-3;3*+4. The molecule has 0 aromatic heterocycles. The van der Waals surface area contributed by atoms with Gasteiger partial charge < -0.3 is 24.6 Å². The Bertz CT molecular complexity index is 15.7. The Morgan fingerprint density at radius 3 is 0.300 bits per heavy atom. The topological polar surface area (TPSA) is 122 Å². The maximum Gasteiger partial charge on any atom is 4.00 e. The van der Waals surface area contributed by atoms with Crippen LogP contribution in [0.3, 0.4) is 0 Å². The molecule has 0 aromatic carbocycles. The van der Waals surface area contributed by atoms with Crippen LogP contribution >= 0.6 is 0 Å². The predicted molar refractivity (Wildman–Crippen MR) is 33.6 cm³/mol. The molecular formula is C3H12N4Ti3. The smallest absolute Gasteiger partial charge is 3.00 e. The van der Waals surface area contributed by atoms with Crippen LogP contribution < -0.4 is 0 Å². The van der Waals surface area contributed by atoms with Gasteiger partial charge in [-0.15, -0.1) is 0 Å². The zero-order valence-corrected chi connectivity index (χ0v) is 7.97. The molecule has 0 spiro atoms. The molecule has 10 heavy (non-hydrogen) atoms. The van der Waals surface area contributed by atoms with Gasteiger partial charge in [-0.3, -0.25) is 0 Å². The van der Waals surface area contributed by atoms with Crippen molar-refractivity contribution >= 4 is 0 Å². The molecule has 0 unspecified atom stereocenters. The minimum Gasteiger partial charge on any atom is -3.00 e. The molecule has 56 valence electrons. The summed E-state index contributed by atoms with van der Waals surface area (Å²) in [6, 6.07) is 0. The zero-order chi connectivity index (χ0) is 0. The van der Waals surface area contributed by atoms with Crippen molar-refractivity contribution in [3.05, 3.63) is 24.6 Å². The van der Waals surface area contributed by atoms with Gasteiger partial charge in [0.2, 0.25) is 0 Å². The first-order valence-corrected chi connectivity index (χ1v) is 0. The van der Waals surface area contributed by atoms with Crippen LogP contribution in [-0.4, -0.2) is 0 Å². The average molecular weight is 248 g/mol. The maximum absolute atomic E-state index is 0. The second kappa shape index (κ2) is 278. The molecule has 0 radical (unpaired) electrons. The first-order valence-electron chi connectivity index (χ1n) is 0. The fourth-order valence-corrected chi connectivity index (χ4v) is 0. The van der Waals surface area contributed by atoms with Gasteiger partial charge in [-0.05, 0) is 0 Å². The van der Waals surface area contributed by atoms with E-state index in [1.54, 1.807) is 0 Å². The van der Waals surface area contributed by atoms with E-state index in [2.05, 4.69) is 0 Å². The van der Waals surface area contributed by atoms with Gasteiger partial charge in [0.25, 0.3) is 0 Å². The molecule has 0 aromatic rings. The summed E-state index contributed by atoms with van der Waals surface area (Å²) in [4.78, 5) is 0. The minimum atomic E-state index is 0. The average Bonchev–Trinajstić information content (AvgIpc) is 0. The van der Waals surface area contributed by atoms with Crippen LogP contribution in [0.2, 0.25) is 0 Å². The largest absolute Gasteiger partial charge is 4.00 e. The Balaban J connectivity index is 0. The first kappa shape index (κ1) is 368. The summed E-state index contributed by atoms with van der Waals surface area (Å²) in [6.07, 6.45) is 0. The van der Waals surface area contributed by atoms with Gasteiger partial charge in [0.1, 0.15) is 0 Å². The Morgan fingerprint density at radius 1 is 0.300 bits per heavy atom. The Labute approximate surface area is 111 Å². The van der Waals surface area contributed by atoms with E-state index in [0.717, 1.165) is 0 Å². The van der Waals surface area contributed by atoms with Crippen LogP contribution in [0.25, 0.3) is 24.6 Å². The quantitative estimate of drug-likeness (QED) is 0.584. The molecule has 0 rings (SSSR count). The summed E-state index contributed by atoms with van der Waals surface area (Å²) in [7, 11) is 0. The molecule has 0 saturated carbocycles. The number of hydrogen-bond acceptors (Lipinski definition) is 0. The number of nitrogens with zero attached hydrogens (tertiary/aromatic N) is 4. The fraction of sp³-hybridized carbons (Fsp3) is 1.00. The van der Waals surface area contributed by atoms with E-state index in [4.69, 9.17) is 0 Å². The minimum absolute atomic E-state index is 0. The van der Waals surface area contributed by atoms with Gasteiger partial charge in [0, 0.05) is 0 Å². The van der Waals surface area contributed by atoms with Gasteiger partial charge in [0.15, 0.2) is 0 Å². The van der Waals surface area contributed by atoms with Crippen LogP contribution in [0.15, 0.2) is 0 Å². The van der Waals surface area contributed by atoms with Crippen LogP contribution in [-0.2, 0) is 65.2 Å². The van der Waals surface area contributed by atoms with E-state index in [0.29, 0.717) is 0 Å². The Morgan fingerprint density at radius 2 is 0.300 bits per heavy atom. The van der Waals surface area contributed by atoms with Crippen LogP contribution in [0, 0.1) is 0 Å². The van der Waals surface area contributed by atoms with E-state index in [1.807, 2.05) is 0 Å². The summed E-state index contributed by atoms with van der Waals surface area (Å²) in [5.41, 5.74) is 0. The van der Waals surface area contributed by atoms with Crippen molar-refractivity contribution in [2.45, 2.75) is 22.3 Å². The molecule has 4 nitrogen and oxygen atoms in total. The van der Waals surface area contributed by atoms with Crippen molar-refractivity contribution in [3.63, 3.8) is 0 Å². The first-order chi connectivity index (χ1) is 0. The van der Waals surface area contributed by atoms with E-state index < -0.39 is 0 Å². The van der Waals surface area contributed by atoms with Crippen molar-refractivity contribution in [1.29, 1.82) is 0 Å². The van der Waals surface area contributed by atoms with Gasteiger partial charge in [-0.1, -0.05) is 22.3 Å². The monoisotopic (exact) mass is 248 g/mol. The normalized spacial score (nSPS) is 0. The van der Waals surface area contributed by atoms with Crippen molar-refractivity contribution < 1.29 is 65.2 Å². The van der Waals surface area contributed by atoms with E-state index in [1.165, 1.54) is 0 Å². The molecule has 0 heterocycles. The second-order valence-electron chi connectivity index (χ2n) is 0. The molecule has 7 heteroatoms. The van der Waals surface area contributed by atoms with Crippen molar-refractivity contribution in [1.82, 2.24) is 0 Å². The number of rotatable bonds is 0. The third kappa shape index (κ3) is 205. The van der Waals surface area contributed by atoms with Crippen LogP contribution in [0.4, 0.5) is 0 Å². The molecule has 0 aliphatic heterocycles. The number of hydrogen-bond donors (Lipinski definition) is 0. The summed E-state index contributed by atoms with van der Waals surface area (Å²) >= 11 is 0. The fourth-order valence-electron chi connectivity index (χ4n) is 0. The van der Waals surface area contributed by atoms with Gasteiger partial charge >= 0.3 is 65.2 Å². The summed E-state index contributed by atoms with van der Waals surface area (Å²) in [5, 5.41) is 0. The van der Waals surface area contributed by atoms with Crippen LogP contribution in [0.5, 0.6) is 0 Å². The molecule has 0 aliphatic rings. The molecule has 0 bridgehead atoms. The van der Waals surface area contributed by atoms with E-state index in [9.17, 15) is 0 Å². The second-order valence-corrected chi connectivity index (χ2v) is 0. The maximum atomic E-state index is 0. The Hall–Kier alpha value is 1.98. The molecule has 0 fully saturated rings. The SMILES string of the molecule is C.C.C.[N-3].[N-3].[N-3].[N-3].[Ti+4].[Ti+4].[Ti+4]. The van der Waals surface area contributed by atoms with Crippen molar-refractivity contribution in [3.8, 4) is 0 Å². The summed E-state index contributed by atoms with van der Waals surface area (Å²) in [6.45, 7) is 0. The molecule has 0 atom stereocenters. The molecule has 0 saturated heterocycles. The van der Waals surface area contributed by atoms with Crippen molar-refractivity contribution in [2.24, 2.45) is 0 Å². The van der Waals surface area contributed by atoms with Gasteiger partial charge in [0.05, 0.1) is 0 Å². The molecule has 0 aliphatic carbocycles. The van der Waals surface area contributed by atoms with Crippen LogP contribution in [0.1, 0.15) is 22.3 Å². The van der Waals surface area contributed by atoms with Crippen molar-refractivity contribution in [2.75, 3.05) is 0 Å². The third-order valence-corrected chi connectivity index (χ3v) is 0. The Kier molecular flexibility index (Phi) is 10200. The zero-order valence-electron chi connectivity index (χ0n) is 3.29. The third-order valence-electron chi connectivity index (χ3n) is 0. The van der Waals surface area contributed by atoms with E-state index >= 15 is 0 Å². The molecule has 0 N–H and O–H groups in total. The predicted octanol–water partition coefficient (Wildman–Crippen LogP) is 3.06. The van der Waals surface area contributed by atoms with E-state index in [-0.39, 0.29) is 112 Å².